The number of aryl methyl sites for hydroxylation is 1. The van der Waals surface area contributed by atoms with Gasteiger partial charge in [-0.05, 0) is 56.8 Å². The van der Waals surface area contributed by atoms with Crippen LogP contribution < -0.4 is 20.7 Å². The summed E-state index contributed by atoms with van der Waals surface area (Å²) in [5, 5.41) is 19.0. The summed E-state index contributed by atoms with van der Waals surface area (Å²) in [5.74, 6) is -1.11. The molecule has 12 heteroatoms. The van der Waals surface area contributed by atoms with Gasteiger partial charge in [0.2, 0.25) is 11.8 Å². The molecule has 1 unspecified atom stereocenters. The molecule has 2 aliphatic rings. The number of nitrogens with one attached hydrogen (secondary N) is 3. The maximum atomic E-state index is 14.4. The van der Waals surface area contributed by atoms with Crippen LogP contribution in [0.5, 0.6) is 5.75 Å². The number of aliphatic hydroxyl groups excluding tert-OH is 1. The number of likely N-dealkylation sites (tertiary alicyclic amines) is 1. The number of benzene rings is 1. The van der Waals surface area contributed by atoms with E-state index < -0.39 is 47.0 Å². The molecule has 2 aromatic rings. The first-order valence-electron chi connectivity index (χ1n) is 14.4. The van der Waals surface area contributed by atoms with Gasteiger partial charge in [0.1, 0.15) is 17.8 Å². The summed E-state index contributed by atoms with van der Waals surface area (Å²) in [4.78, 5) is 46.3. The van der Waals surface area contributed by atoms with Gasteiger partial charge < -0.3 is 30.7 Å². The van der Waals surface area contributed by atoms with Gasteiger partial charge in [-0.25, -0.2) is 9.37 Å². The fourth-order valence-electron chi connectivity index (χ4n) is 5.00. The predicted octanol–water partition coefficient (Wildman–Crippen LogP) is 2.72. The minimum atomic E-state index is -1.94. The number of aromatic nitrogens is 1. The number of ether oxygens (including phenoxy) is 1. The van der Waals surface area contributed by atoms with E-state index in [1.54, 1.807) is 37.6 Å². The maximum Gasteiger partial charge on any atom is 0.258 e. The minimum Gasteiger partial charge on any atom is -0.493 e. The van der Waals surface area contributed by atoms with E-state index in [1.807, 2.05) is 32.2 Å². The van der Waals surface area contributed by atoms with E-state index in [0.29, 0.717) is 12.4 Å². The van der Waals surface area contributed by atoms with E-state index in [2.05, 4.69) is 20.9 Å². The summed E-state index contributed by atoms with van der Waals surface area (Å²) in [6.07, 6.45) is 0.224. The molecular weight excluding hydrogens is 561 g/mol. The first kappa shape index (κ1) is 31.8. The molecule has 1 saturated heterocycles. The van der Waals surface area contributed by atoms with Gasteiger partial charge in [0.05, 0.1) is 28.8 Å². The van der Waals surface area contributed by atoms with Crippen molar-refractivity contribution in [3.63, 3.8) is 0 Å². The highest BCUT2D eigenvalue weighted by molar-refractivity contribution is 7.13. The van der Waals surface area contributed by atoms with Gasteiger partial charge in [-0.2, -0.15) is 0 Å². The number of alkyl halides is 1. The lowest BCUT2D eigenvalue weighted by Gasteiger charge is -2.35. The van der Waals surface area contributed by atoms with E-state index in [4.69, 9.17) is 4.74 Å². The molecule has 1 aromatic heterocycles. The highest BCUT2D eigenvalue weighted by Crippen LogP contribution is 2.40. The molecule has 2 fully saturated rings. The lowest BCUT2D eigenvalue weighted by atomic mass is 9.85. The molecule has 2 heterocycles. The van der Waals surface area contributed by atoms with Gasteiger partial charge in [0.25, 0.3) is 5.91 Å². The zero-order valence-corrected chi connectivity index (χ0v) is 25.8. The Morgan fingerprint density at radius 1 is 1.29 bits per heavy atom. The topological polar surface area (TPSA) is 133 Å². The number of aliphatic hydroxyl groups is 1. The van der Waals surface area contributed by atoms with Crippen LogP contribution in [-0.2, 0) is 20.9 Å². The Morgan fingerprint density at radius 2 is 2.02 bits per heavy atom. The molecule has 3 atom stereocenters. The van der Waals surface area contributed by atoms with Crippen molar-refractivity contribution in [2.45, 2.75) is 83.8 Å². The van der Waals surface area contributed by atoms with Crippen LogP contribution in [0.2, 0.25) is 0 Å². The first-order valence-corrected chi connectivity index (χ1v) is 15.3. The zero-order chi connectivity index (χ0) is 30.7. The molecule has 4 rings (SSSR count). The third kappa shape index (κ3) is 7.45. The summed E-state index contributed by atoms with van der Waals surface area (Å²) in [7, 11) is 1.88. The van der Waals surface area contributed by atoms with E-state index >= 15 is 0 Å². The average molecular weight is 604 g/mol. The van der Waals surface area contributed by atoms with Crippen molar-refractivity contribution in [2.75, 3.05) is 26.7 Å². The van der Waals surface area contributed by atoms with Crippen molar-refractivity contribution in [1.29, 1.82) is 0 Å². The molecule has 230 valence electrons. The molecule has 1 aromatic carbocycles. The van der Waals surface area contributed by atoms with Crippen LogP contribution in [0.25, 0.3) is 10.4 Å². The van der Waals surface area contributed by atoms with E-state index in [-0.39, 0.29) is 32.4 Å². The van der Waals surface area contributed by atoms with Crippen LogP contribution in [0.1, 0.15) is 57.7 Å². The Morgan fingerprint density at radius 3 is 2.64 bits per heavy atom. The van der Waals surface area contributed by atoms with Gasteiger partial charge in [0, 0.05) is 25.1 Å². The smallest absolute Gasteiger partial charge is 0.258 e. The second-order valence-corrected chi connectivity index (χ2v) is 13.1. The Hall–Kier alpha value is -3.09. The fraction of sp³-hybridized carbons (Fsp3) is 0.600. The molecule has 0 spiro atoms. The number of thiazole rings is 1. The Kier molecular flexibility index (Phi) is 9.89. The van der Waals surface area contributed by atoms with Crippen LogP contribution in [0.4, 0.5) is 4.39 Å². The molecule has 0 bridgehead atoms. The highest BCUT2D eigenvalue weighted by Gasteiger charge is 2.53. The van der Waals surface area contributed by atoms with Crippen molar-refractivity contribution in [1.82, 2.24) is 25.8 Å². The Balaban J connectivity index is 1.48. The standard InChI is InChI=1S/C30H42FN5O5S/c1-18-24(42-17-34-18)19-7-8-20(23(13-19)41-12-6-11-32-5)15-33-26(38)22-14-21(37)16-36(22)27(39)25(29(2,3)4)35-28(40)30(31)9-10-30/h7-8,13,17,21-22,25,32,37H,6,9-12,14-16H2,1-5H3,(H,33,38)(H,35,40)/t21-,22+,25?/m1/s1. The number of hydrogen-bond donors (Lipinski definition) is 4. The quantitative estimate of drug-likeness (QED) is 0.274. The molecule has 4 N–H and O–H groups in total. The molecule has 10 nitrogen and oxygen atoms in total. The number of rotatable bonds is 12. The maximum absolute atomic E-state index is 14.4. The van der Waals surface area contributed by atoms with Crippen molar-refractivity contribution < 1.29 is 28.6 Å². The van der Waals surface area contributed by atoms with E-state index in [0.717, 1.165) is 34.7 Å². The summed E-state index contributed by atoms with van der Waals surface area (Å²) in [5.41, 5.74) is 1.78. The minimum absolute atomic E-state index is 0.0527. The Labute approximate surface area is 250 Å². The van der Waals surface area contributed by atoms with Gasteiger partial charge in [0.15, 0.2) is 5.67 Å². The molecule has 0 radical (unpaired) electrons. The van der Waals surface area contributed by atoms with Crippen LogP contribution in [0.15, 0.2) is 23.7 Å². The van der Waals surface area contributed by atoms with Crippen LogP contribution >= 0.6 is 11.3 Å². The SMILES string of the molecule is CNCCCOc1cc(-c2scnc2C)ccc1CNC(=O)[C@@H]1C[C@@H](O)CN1C(=O)C(NC(=O)C1(F)CC1)C(C)(C)C. The lowest BCUT2D eigenvalue weighted by Crippen LogP contribution is -2.59. The molecule has 1 aliphatic carbocycles. The van der Waals surface area contributed by atoms with E-state index in [1.165, 1.54) is 4.90 Å². The Bertz CT molecular complexity index is 1290. The fourth-order valence-corrected chi connectivity index (χ4v) is 5.81. The number of hydrogen-bond acceptors (Lipinski definition) is 8. The summed E-state index contributed by atoms with van der Waals surface area (Å²) < 4.78 is 20.5. The second-order valence-electron chi connectivity index (χ2n) is 12.2. The third-order valence-electron chi connectivity index (χ3n) is 7.71. The van der Waals surface area contributed by atoms with Gasteiger partial charge in [-0.3, -0.25) is 14.4 Å². The second kappa shape index (κ2) is 13.0. The molecular formula is C30H42FN5O5S. The van der Waals surface area contributed by atoms with Crippen molar-refractivity contribution in [3.05, 3.63) is 35.0 Å². The van der Waals surface area contributed by atoms with Crippen molar-refractivity contribution >= 4 is 29.1 Å². The molecule has 1 saturated carbocycles. The average Bonchev–Trinajstić information content (AvgIpc) is 3.35. The number of amides is 3. The normalized spacial score (nSPS) is 20.2. The highest BCUT2D eigenvalue weighted by atomic mass is 32.1. The van der Waals surface area contributed by atoms with E-state index in [9.17, 15) is 23.9 Å². The summed E-state index contributed by atoms with van der Waals surface area (Å²) in [6, 6.07) is 3.83. The van der Waals surface area contributed by atoms with Gasteiger partial charge in [-0.1, -0.05) is 32.9 Å². The largest absolute Gasteiger partial charge is 0.493 e. The number of carbonyl (C=O) groups excluding carboxylic acids is 3. The molecule has 1 aliphatic heterocycles. The van der Waals surface area contributed by atoms with Gasteiger partial charge >= 0.3 is 0 Å². The first-order chi connectivity index (χ1) is 19.8. The number of β-amino-alcohol motifs (C(OH)–C–C–N with tert-alkyl or cyclic N) is 1. The number of nitrogens with zero attached hydrogens (tertiary/aromatic N) is 2. The monoisotopic (exact) mass is 603 g/mol. The number of halogens is 1. The molecule has 42 heavy (non-hydrogen) atoms. The van der Waals surface area contributed by atoms with Crippen molar-refractivity contribution in [2.24, 2.45) is 5.41 Å². The zero-order valence-electron chi connectivity index (χ0n) is 25.0. The predicted molar refractivity (Wildman–Crippen MR) is 159 cm³/mol. The molecule has 3 amide bonds. The van der Waals surface area contributed by atoms with Crippen LogP contribution in [0, 0.1) is 12.3 Å². The van der Waals surface area contributed by atoms with Crippen LogP contribution in [0.3, 0.4) is 0 Å². The summed E-state index contributed by atoms with van der Waals surface area (Å²) in [6.45, 7) is 8.65. The van der Waals surface area contributed by atoms with Crippen molar-refractivity contribution in [3.8, 4) is 16.2 Å². The third-order valence-corrected chi connectivity index (χ3v) is 8.68. The van der Waals surface area contributed by atoms with Crippen LogP contribution in [-0.4, -0.2) is 83.3 Å². The van der Waals surface area contributed by atoms with Gasteiger partial charge in [-0.15, -0.1) is 11.3 Å². The summed E-state index contributed by atoms with van der Waals surface area (Å²) >= 11 is 1.54. The number of carbonyl (C=O) groups is 3. The lowest BCUT2D eigenvalue weighted by molar-refractivity contribution is -0.145.